The van der Waals surface area contributed by atoms with Gasteiger partial charge in [-0.2, -0.15) is 0 Å². The molecular weight excluding hydrogens is 550 g/mol. The van der Waals surface area contributed by atoms with E-state index in [1.165, 1.54) is 40.4 Å². The van der Waals surface area contributed by atoms with Crippen molar-refractivity contribution in [3.8, 4) is 11.5 Å². The van der Waals surface area contributed by atoms with Gasteiger partial charge in [0.25, 0.3) is 5.91 Å². The molecule has 1 aliphatic heterocycles. The van der Waals surface area contributed by atoms with E-state index in [1.54, 1.807) is 26.0 Å². The minimum Gasteiger partial charge on any atom is -0.493 e. The van der Waals surface area contributed by atoms with Crippen LogP contribution < -0.4 is 14.8 Å². The maximum atomic E-state index is 13.4. The summed E-state index contributed by atoms with van der Waals surface area (Å²) >= 11 is 0. The molecule has 42 heavy (non-hydrogen) atoms. The fourth-order valence-electron chi connectivity index (χ4n) is 4.01. The number of hydrogen-bond donors (Lipinski definition) is 1. The van der Waals surface area contributed by atoms with Gasteiger partial charge in [-0.3, -0.25) is 14.4 Å². The number of aromatic nitrogens is 1. The molecule has 226 valence electrons. The van der Waals surface area contributed by atoms with Gasteiger partial charge in [0.1, 0.15) is 18.6 Å². The van der Waals surface area contributed by atoms with Crippen LogP contribution in [0.3, 0.4) is 0 Å². The van der Waals surface area contributed by atoms with Crippen molar-refractivity contribution in [1.82, 2.24) is 15.2 Å². The summed E-state index contributed by atoms with van der Waals surface area (Å²) in [4.78, 5) is 69.8. The lowest BCUT2D eigenvalue weighted by Crippen LogP contribution is -2.47. The van der Waals surface area contributed by atoms with Crippen LogP contribution in [0.2, 0.25) is 0 Å². The van der Waals surface area contributed by atoms with E-state index in [4.69, 9.17) is 23.7 Å². The zero-order valence-corrected chi connectivity index (χ0v) is 24.3. The van der Waals surface area contributed by atoms with Crippen LogP contribution in [0, 0.1) is 11.8 Å². The predicted molar refractivity (Wildman–Crippen MR) is 147 cm³/mol. The van der Waals surface area contributed by atoms with E-state index in [0.717, 1.165) is 10.5 Å². The first-order valence-electron chi connectivity index (χ1n) is 13.3. The molecule has 2 heterocycles. The van der Waals surface area contributed by atoms with Crippen LogP contribution in [-0.2, 0) is 35.0 Å². The molecule has 1 N–H and O–H groups in total. The molecule has 1 aromatic carbocycles. The van der Waals surface area contributed by atoms with Gasteiger partial charge in [-0.25, -0.2) is 14.6 Å². The average molecular weight is 586 g/mol. The van der Waals surface area contributed by atoms with Crippen LogP contribution in [0.4, 0.5) is 4.79 Å². The van der Waals surface area contributed by atoms with E-state index >= 15 is 0 Å². The number of amides is 2. The first-order valence-corrected chi connectivity index (χ1v) is 13.3. The van der Waals surface area contributed by atoms with Crippen molar-refractivity contribution in [2.24, 2.45) is 11.8 Å². The first kappa shape index (κ1) is 31.8. The molecule has 3 rings (SSSR count). The Morgan fingerprint density at radius 3 is 2.40 bits per heavy atom. The molecule has 4 atom stereocenters. The molecule has 2 aromatic rings. The third-order valence-corrected chi connectivity index (χ3v) is 6.33. The molecule has 1 fully saturated rings. The highest BCUT2D eigenvalue weighted by molar-refractivity contribution is 5.99. The number of nitrogens with zero attached hydrogens (tertiary/aromatic N) is 2. The SMILES string of the molecule is COc1ccnc(C(=O)NC2COC(=O)C(Cc3ccccc3)C(OC(=O)C(C)C)C(C)OC2=O)c1OC(=O)N(C)C. The number of carbonyl (C=O) groups is 5. The Balaban J connectivity index is 1.90. The second-order valence-corrected chi connectivity index (χ2v) is 10.1. The predicted octanol–water partition coefficient (Wildman–Crippen LogP) is 2.16. The highest BCUT2D eigenvalue weighted by Crippen LogP contribution is 2.30. The fraction of sp³-hybridized carbons (Fsp3) is 0.448. The molecule has 2 amide bonds. The van der Waals surface area contributed by atoms with E-state index in [2.05, 4.69) is 10.3 Å². The van der Waals surface area contributed by atoms with E-state index in [1.807, 2.05) is 18.2 Å². The van der Waals surface area contributed by atoms with Crippen molar-refractivity contribution < 1.29 is 47.7 Å². The minimum atomic E-state index is -1.47. The van der Waals surface area contributed by atoms with Crippen LogP contribution in [0.5, 0.6) is 11.5 Å². The van der Waals surface area contributed by atoms with Crippen molar-refractivity contribution in [2.45, 2.75) is 45.4 Å². The molecular formula is C29H35N3O10. The third-order valence-electron chi connectivity index (χ3n) is 6.33. The van der Waals surface area contributed by atoms with Gasteiger partial charge in [0.15, 0.2) is 23.6 Å². The molecule has 1 aromatic heterocycles. The van der Waals surface area contributed by atoms with E-state index in [-0.39, 0.29) is 23.6 Å². The largest absolute Gasteiger partial charge is 0.493 e. The Morgan fingerprint density at radius 1 is 1.10 bits per heavy atom. The number of cyclic esters (lactones) is 2. The van der Waals surface area contributed by atoms with Crippen molar-refractivity contribution in [3.05, 3.63) is 53.9 Å². The van der Waals surface area contributed by atoms with Crippen molar-refractivity contribution in [1.29, 1.82) is 0 Å². The molecule has 4 unspecified atom stereocenters. The highest BCUT2D eigenvalue weighted by atomic mass is 16.6. The van der Waals surface area contributed by atoms with E-state index < -0.39 is 66.6 Å². The monoisotopic (exact) mass is 585 g/mol. The zero-order valence-electron chi connectivity index (χ0n) is 24.3. The third kappa shape index (κ3) is 7.95. The van der Waals surface area contributed by atoms with Gasteiger partial charge in [-0.1, -0.05) is 44.2 Å². The summed E-state index contributed by atoms with van der Waals surface area (Å²) in [7, 11) is 4.21. The molecule has 0 spiro atoms. The summed E-state index contributed by atoms with van der Waals surface area (Å²) in [5.74, 6) is -4.95. The van der Waals surface area contributed by atoms with Crippen LogP contribution in [0.15, 0.2) is 42.6 Å². The van der Waals surface area contributed by atoms with Gasteiger partial charge >= 0.3 is 24.0 Å². The summed E-state index contributed by atoms with van der Waals surface area (Å²) in [6.45, 7) is 4.19. The van der Waals surface area contributed by atoms with Crippen LogP contribution >= 0.6 is 0 Å². The standard InChI is InChI=1S/C29H35N3O10/c1-16(2)26(34)41-23-17(3)40-28(36)20(15-39-27(35)19(23)14-18-10-8-7-9-11-18)31-25(33)22-24(42-29(37)32(4)5)21(38-6)12-13-30-22/h7-13,16-17,19-20,23H,14-15H2,1-6H3,(H,31,33). The van der Waals surface area contributed by atoms with Crippen molar-refractivity contribution in [2.75, 3.05) is 27.8 Å². The average Bonchev–Trinajstić information content (AvgIpc) is 2.99. The van der Waals surface area contributed by atoms with Gasteiger partial charge in [0.05, 0.1) is 13.0 Å². The van der Waals surface area contributed by atoms with Gasteiger partial charge < -0.3 is 33.9 Å². The number of methoxy groups -OCH3 is 1. The second-order valence-electron chi connectivity index (χ2n) is 10.1. The number of carbonyl (C=O) groups excluding carboxylic acids is 5. The molecule has 0 aliphatic carbocycles. The number of pyridine rings is 1. The maximum absolute atomic E-state index is 13.4. The number of ether oxygens (including phenoxy) is 5. The number of nitrogens with one attached hydrogen (secondary N) is 1. The summed E-state index contributed by atoms with van der Waals surface area (Å²) in [6, 6.07) is 8.96. The summed E-state index contributed by atoms with van der Waals surface area (Å²) in [5.41, 5.74) is 0.416. The molecule has 1 saturated heterocycles. The Kier molecular flexibility index (Phi) is 10.8. The normalized spacial score (nSPS) is 20.6. The smallest absolute Gasteiger partial charge is 0.414 e. The Labute approximate surface area is 243 Å². The molecule has 0 bridgehead atoms. The van der Waals surface area contributed by atoms with Gasteiger partial charge in [-0.05, 0) is 18.9 Å². The first-order chi connectivity index (χ1) is 19.9. The lowest BCUT2D eigenvalue weighted by atomic mass is 9.91. The lowest BCUT2D eigenvalue weighted by Gasteiger charge is -2.29. The Hall–Kier alpha value is -4.68. The summed E-state index contributed by atoms with van der Waals surface area (Å²) < 4.78 is 27.2. The van der Waals surface area contributed by atoms with Crippen LogP contribution in [-0.4, -0.2) is 85.9 Å². The molecule has 13 nitrogen and oxygen atoms in total. The molecule has 1 aliphatic rings. The summed E-state index contributed by atoms with van der Waals surface area (Å²) in [6.07, 6.45) is -1.64. The van der Waals surface area contributed by atoms with Crippen LogP contribution in [0.1, 0.15) is 36.8 Å². The Bertz CT molecular complexity index is 1300. The zero-order chi connectivity index (χ0) is 31.0. The van der Waals surface area contributed by atoms with Crippen molar-refractivity contribution >= 4 is 29.9 Å². The summed E-state index contributed by atoms with van der Waals surface area (Å²) in [5, 5.41) is 2.43. The molecule has 0 saturated carbocycles. The molecule has 13 heteroatoms. The highest BCUT2D eigenvalue weighted by Gasteiger charge is 2.42. The topological polar surface area (TPSA) is 160 Å². The second kappa shape index (κ2) is 14.3. The number of hydrogen-bond acceptors (Lipinski definition) is 11. The number of esters is 3. The van der Waals surface area contributed by atoms with Crippen LogP contribution in [0.25, 0.3) is 0 Å². The lowest BCUT2D eigenvalue weighted by molar-refractivity contribution is -0.176. The van der Waals surface area contributed by atoms with Crippen molar-refractivity contribution in [3.63, 3.8) is 0 Å². The number of benzene rings is 1. The quantitative estimate of drug-likeness (QED) is 0.357. The van der Waals surface area contributed by atoms with Gasteiger partial charge in [0.2, 0.25) is 5.75 Å². The number of rotatable bonds is 8. The van der Waals surface area contributed by atoms with Gasteiger partial charge in [-0.15, -0.1) is 0 Å². The minimum absolute atomic E-state index is 0.0426. The Morgan fingerprint density at radius 2 is 1.79 bits per heavy atom. The van der Waals surface area contributed by atoms with Gasteiger partial charge in [0, 0.05) is 26.4 Å². The fourth-order valence-corrected chi connectivity index (χ4v) is 4.01. The maximum Gasteiger partial charge on any atom is 0.414 e. The molecule has 0 radical (unpaired) electrons. The van der Waals surface area contributed by atoms with E-state index in [9.17, 15) is 24.0 Å². The van der Waals surface area contributed by atoms with E-state index in [0.29, 0.717) is 0 Å².